The van der Waals surface area contributed by atoms with Gasteiger partial charge in [-0.3, -0.25) is 0 Å². The molecule has 0 aliphatic heterocycles. The second kappa shape index (κ2) is 8.43. The fourth-order valence-corrected chi connectivity index (χ4v) is 3.07. The van der Waals surface area contributed by atoms with Gasteiger partial charge in [-0.05, 0) is 36.8 Å². The zero-order valence-corrected chi connectivity index (χ0v) is 15.4. The van der Waals surface area contributed by atoms with Crippen molar-refractivity contribution >= 4 is 23.2 Å². The molecule has 0 atom stereocenters. The SMILES string of the molecule is Cc1ccc(COc2c(Cl)cc(Cl)cc2CNCc2ccco2)cc1. The van der Waals surface area contributed by atoms with E-state index in [4.69, 9.17) is 32.4 Å². The summed E-state index contributed by atoms with van der Waals surface area (Å²) in [6.07, 6.45) is 1.66. The maximum atomic E-state index is 6.35. The predicted molar refractivity (Wildman–Crippen MR) is 101 cm³/mol. The molecule has 2 aromatic carbocycles. The Bertz CT molecular complexity index is 814. The van der Waals surface area contributed by atoms with Crippen molar-refractivity contribution in [3.8, 4) is 5.75 Å². The summed E-state index contributed by atoms with van der Waals surface area (Å²) in [6.45, 7) is 3.70. The average molecular weight is 376 g/mol. The molecule has 0 amide bonds. The highest BCUT2D eigenvalue weighted by atomic mass is 35.5. The molecular formula is C20H19Cl2NO2. The number of rotatable bonds is 7. The topological polar surface area (TPSA) is 34.4 Å². The van der Waals surface area contributed by atoms with Gasteiger partial charge in [0.1, 0.15) is 18.1 Å². The number of hydrogen-bond donors (Lipinski definition) is 1. The maximum absolute atomic E-state index is 6.35. The molecule has 3 nitrogen and oxygen atoms in total. The molecule has 130 valence electrons. The fraction of sp³-hybridized carbons (Fsp3) is 0.200. The van der Waals surface area contributed by atoms with Crippen LogP contribution in [0.4, 0.5) is 0 Å². The minimum absolute atomic E-state index is 0.451. The van der Waals surface area contributed by atoms with Gasteiger partial charge in [0.05, 0.1) is 17.8 Å². The summed E-state index contributed by atoms with van der Waals surface area (Å²) in [5.41, 5.74) is 3.22. The van der Waals surface area contributed by atoms with E-state index in [-0.39, 0.29) is 0 Å². The molecule has 3 rings (SSSR count). The highest BCUT2D eigenvalue weighted by Gasteiger charge is 2.11. The Labute approximate surface area is 157 Å². The quantitative estimate of drug-likeness (QED) is 0.569. The van der Waals surface area contributed by atoms with Crippen LogP contribution in [-0.2, 0) is 19.7 Å². The van der Waals surface area contributed by atoms with E-state index in [9.17, 15) is 0 Å². The monoisotopic (exact) mass is 375 g/mol. The van der Waals surface area contributed by atoms with Gasteiger partial charge >= 0.3 is 0 Å². The summed E-state index contributed by atoms with van der Waals surface area (Å²) >= 11 is 12.5. The lowest BCUT2D eigenvalue weighted by atomic mass is 10.1. The largest absolute Gasteiger partial charge is 0.487 e. The number of benzene rings is 2. The van der Waals surface area contributed by atoms with E-state index in [1.807, 2.05) is 30.3 Å². The van der Waals surface area contributed by atoms with Crippen molar-refractivity contribution < 1.29 is 9.15 Å². The summed E-state index contributed by atoms with van der Waals surface area (Å²) in [5.74, 6) is 1.52. The Hall–Kier alpha value is -1.94. The van der Waals surface area contributed by atoms with Gasteiger partial charge in [-0.25, -0.2) is 0 Å². The van der Waals surface area contributed by atoms with Gasteiger partial charge in [0, 0.05) is 17.1 Å². The molecule has 0 unspecified atom stereocenters. The van der Waals surface area contributed by atoms with E-state index < -0.39 is 0 Å². The third-order valence-corrected chi connectivity index (χ3v) is 4.28. The standard InChI is InChI=1S/C20H19Cl2NO2/c1-14-4-6-15(7-5-14)13-25-20-16(9-17(21)10-19(20)22)11-23-12-18-3-2-8-24-18/h2-10,23H,11-13H2,1H3. The molecule has 1 aromatic heterocycles. The fourth-order valence-electron chi connectivity index (χ4n) is 2.48. The first-order valence-electron chi connectivity index (χ1n) is 8.01. The molecule has 0 bridgehead atoms. The Balaban J connectivity index is 1.69. The molecule has 1 N–H and O–H groups in total. The first-order chi connectivity index (χ1) is 12.1. The summed E-state index contributed by atoms with van der Waals surface area (Å²) in [6, 6.07) is 15.6. The molecular weight excluding hydrogens is 357 g/mol. The number of aryl methyl sites for hydroxylation is 1. The normalized spacial score (nSPS) is 10.8. The van der Waals surface area contributed by atoms with E-state index >= 15 is 0 Å². The summed E-state index contributed by atoms with van der Waals surface area (Å²) < 4.78 is 11.3. The highest BCUT2D eigenvalue weighted by Crippen LogP contribution is 2.33. The van der Waals surface area contributed by atoms with E-state index in [1.54, 1.807) is 12.3 Å². The van der Waals surface area contributed by atoms with Gasteiger partial charge in [0.15, 0.2) is 0 Å². The summed E-state index contributed by atoms with van der Waals surface area (Å²) in [7, 11) is 0. The zero-order chi connectivity index (χ0) is 17.6. The first-order valence-corrected chi connectivity index (χ1v) is 8.77. The van der Waals surface area contributed by atoms with Crippen LogP contribution in [0.1, 0.15) is 22.5 Å². The second-order valence-corrected chi connectivity index (χ2v) is 6.68. The molecule has 0 fully saturated rings. The minimum atomic E-state index is 0.451. The number of nitrogens with one attached hydrogen (secondary N) is 1. The van der Waals surface area contributed by atoms with Crippen LogP contribution in [0.2, 0.25) is 10.0 Å². The number of halogens is 2. The van der Waals surface area contributed by atoms with Crippen molar-refractivity contribution in [3.63, 3.8) is 0 Å². The molecule has 0 aliphatic rings. The van der Waals surface area contributed by atoms with Gasteiger partial charge < -0.3 is 14.5 Å². The molecule has 0 radical (unpaired) electrons. The van der Waals surface area contributed by atoms with Crippen LogP contribution in [-0.4, -0.2) is 0 Å². The van der Waals surface area contributed by atoms with Crippen molar-refractivity contribution in [1.29, 1.82) is 0 Å². The van der Waals surface area contributed by atoms with E-state index in [1.165, 1.54) is 5.56 Å². The van der Waals surface area contributed by atoms with Crippen LogP contribution in [0.15, 0.2) is 59.2 Å². The highest BCUT2D eigenvalue weighted by molar-refractivity contribution is 6.35. The molecule has 0 saturated carbocycles. The predicted octanol–water partition coefficient (Wildman–Crippen LogP) is 5.76. The number of furan rings is 1. The molecule has 5 heteroatoms. The van der Waals surface area contributed by atoms with E-state index in [2.05, 4.69) is 24.4 Å². The molecule has 3 aromatic rings. The minimum Gasteiger partial charge on any atom is -0.487 e. The summed E-state index contributed by atoms with van der Waals surface area (Å²) in [4.78, 5) is 0. The van der Waals surface area contributed by atoms with Gasteiger partial charge in [0.25, 0.3) is 0 Å². The van der Waals surface area contributed by atoms with Crippen molar-refractivity contribution in [2.75, 3.05) is 0 Å². The zero-order valence-electron chi connectivity index (χ0n) is 13.9. The van der Waals surface area contributed by atoms with Crippen LogP contribution < -0.4 is 10.1 Å². The maximum Gasteiger partial charge on any atom is 0.142 e. The summed E-state index contributed by atoms with van der Waals surface area (Å²) in [5, 5.41) is 4.41. The van der Waals surface area contributed by atoms with Crippen LogP contribution in [0.5, 0.6) is 5.75 Å². The Morgan fingerprint density at radius 3 is 2.56 bits per heavy atom. The van der Waals surface area contributed by atoms with Crippen molar-refractivity contribution in [1.82, 2.24) is 5.32 Å². The molecule has 0 spiro atoms. The van der Waals surface area contributed by atoms with E-state index in [0.29, 0.717) is 35.5 Å². The second-order valence-electron chi connectivity index (χ2n) is 5.83. The Morgan fingerprint density at radius 1 is 1.04 bits per heavy atom. The van der Waals surface area contributed by atoms with Gasteiger partial charge in [-0.1, -0.05) is 53.0 Å². The van der Waals surface area contributed by atoms with Crippen LogP contribution >= 0.6 is 23.2 Å². The third-order valence-electron chi connectivity index (χ3n) is 3.78. The van der Waals surface area contributed by atoms with Crippen LogP contribution in [0.3, 0.4) is 0 Å². The number of hydrogen-bond acceptors (Lipinski definition) is 3. The lowest BCUT2D eigenvalue weighted by molar-refractivity contribution is 0.302. The van der Waals surface area contributed by atoms with Crippen LogP contribution in [0.25, 0.3) is 0 Å². The van der Waals surface area contributed by atoms with Crippen molar-refractivity contribution in [2.45, 2.75) is 26.6 Å². The Kier molecular flexibility index (Phi) is 6.03. The third kappa shape index (κ3) is 5.02. The Morgan fingerprint density at radius 2 is 1.84 bits per heavy atom. The molecule has 0 saturated heterocycles. The lowest BCUT2D eigenvalue weighted by Crippen LogP contribution is -2.13. The van der Waals surface area contributed by atoms with E-state index in [0.717, 1.165) is 16.9 Å². The van der Waals surface area contributed by atoms with Gasteiger partial charge in [0.2, 0.25) is 0 Å². The smallest absolute Gasteiger partial charge is 0.142 e. The van der Waals surface area contributed by atoms with Crippen molar-refractivity contribution in [2.24, 2.45) is 0 Å². The number of ether oxygens (including phenoxy) is 1. The lowest BCUT2D eigenvalue weighted by Gasteiger charge is -2.14. The molecule has 0 aliphatic carbocycles. The van der Waals surface area contributed by atoms with Crippen molar-refractivity contribution in [3.05, 3.63) is 87.3 Å². The first kappa shape index (κ1) is 17.9. The molecule has 1 heterocycles. The average Bonchev–Trinajstić information content (AvgIpc) is 3.09. The van der Waals surface area contributed by atoms with Crippen LogP contribution in [0, 0.1) is 6.92 Å². The van der Waals surface area contributed by atoms with Gasteiger partial charge in [-0.15, -0.1) is 0 Å². The molecule has 25 heavy (non-hydrogen) atoms. The van der Waals surface area contributed by atoms with Gasteiger partial charge in [-0.2, -0.15) is 0 Å².